The van der Waals surface area contributed by atoms with Gasteiger partial charge in [0.05, 0.1) is 85.3 Å². The minimum absolute atomic E-state index is 0.0125. The highest BCUT2D eigenvalue weighted by Gasteiger charge is 2.25. The van der Waals surface area contributed by atoms with Gasteiger partial charge in [0, 0.05) is 75.7 Å². The van der Waals surface area contributed by atoms with Gasteiger partial charge in [-0.1, -0.05) is 16.7 Å². The van der Waals surface area contributed by atoms with Crippen LogP contribution < -0.4 is 71.9 Å². The van der Waals surface area contributed by atoms with Crippen molar-refractivity contribution in [1.29, 1.82) is 0 Å². The number of anilines is 5. The number of hydrazine groups is 2. The number of benzene rings is 4. The van der Waals surface area contributed by atoms with Crippen molar-refractivity contribution in [3.63, 3.8) is 0 Å². The second kappa shape index (κ2) is 38.2. The predicted molar refractivity (Wildman–Crippen MR) is 371 cm³/mol. The monoisotopic (exact) mass is 1420 g/mol. The number of carbonyl (C=O) groups excluding carboxylic acids is 6. The molecule has 0 aliphatic carbocycles. The van der Waals surface area contributed by atoms with Crippen molar-refractivity contribution in [1.82, 2.24) is 42.1 Å². The van der Waals surface area contributed by atoms with Crippen molar-refractivity contribution in [3.8, 4) is 11.5 Å². The molecule has 0 atom stereocenters. The van der Waals surface area contributed by atoms with Gasteiger partial charge in [-0.25, -0.2) is 27.3 Å². The van der Waals surface area contributed by atoms with Crippen LogP contribution in [0, 0.1) is 13.3 Å². The van der Waals surface area contributed by atoms with E-state index < -0.39 is 49.6 Å². The first-order valence-corrected chi connectivity index (χ1v) is 35.0. The topological polar surface area (TPSA) is 384 Å². The number of aliphatic imine (C=N–C) groups is 1. The standard InChI is InChI=1S/C66H82N16O16S2/c1-47-33-49(41-81(39-47)43-61(83)72-52-12-8-14-56(36-52)100(91,92)78-54-16-18-58(60(38-54)94-4)74-76-66(88)64(86)69-21-10-24-80-27-31-96-32-28-80)44-98-71-22-6-5-19-67-62(84)50-34-48(2)40-82(42-50)46-97-45-70-51-11-7-13-55(35-51)99(89,90)77-53-15-17-57(59(37-53)93-3)73-75-65(87)63(85)68-20-9-23-79-25-29-95-30-26-79/h7-8,11-18,33-43,45,71-72H,5-6,9-10,19-32,44,46H2,1-4H3,(H6-2,67,68,69,73,74,75,76,77,78,83,84,85,86,87,88)/p+3. The fourth-order valence-electron chi connectivity index (χ4n) is 10.1. The Morgan fingerprint density at radius 3 is 1.77 bits per heavy atom. The second-order valence-corrected chi connectivity index (χ2v) is 26.3. The molecule has 2 saturated heterocycles. The van der Waals surface area contributed by atoms with Crippen molar-refractivity contribution in [2.75, 3.05) is 138 Å². The number of allylic oxidation sites excluding steroid dienone is 1. The number of sulfonamides is 2. The summed E-state index contributed by atoms with van der Waals surface area (Å²) >= 11 is 0. The summed E-state index contributed by atoms with van der Waals surface area (Å²) in [6.07, 6.45) is 13.9. The molecule has 8 rings (SSSR count). The summed E-state index contributed by atoms with van der Waals surface area (Å²) in [5, 5.41) is 10.8. The van der Waals surface area contributed by atoms with E-state index in [1.807, 2.05) is 20.3 Å². The van der Waals surface area contributed by atoms with Gasteiger partial charge >= 0.3 is 29.5 Å². The largest absolute Gasteiger partial charge is 0.494 e. The molecule has 100 heavy (non-hydrogen) atoms. The van der Waals surface area contributed by atoms with E-state index in [1.54, 1.807) is 52.1 Å². The molecular formula is C66H85N16O16S2+3. The molecule has 4 aromatic carbocycles. The summed E-state index contributed by atoms with van der Waals surface area (Å²) in [7, 11) is -5.59. The lowest BCUT2D eigenvalue weighted by atomic mass is 10.1. The molecule has 5 aromatic rings. The first-order chi connectivity index (χ1) is 48.2. The maximum Gasteiger partial charge on any atom is 0.327 e. The first-order valence-electron chi connectivity index (χ1n) is 32.1. The Bertz CT molecular complexity index is 4050. The fourth-order valence-corrected chi connectivity index (χ4v) is 12.3. The third-order valence-corrected chi connectivity index (χ3v) is 17.8. The number of aryl methyl sites for hydroxylation is 1. The van der Waals surface area contributed by atoms with Crippen LogP contribution in [0.1, 0.15) is 48.5 Å². The van der Waals surface area contributed by atoms with Crippen molar-refractivity contribution < 1.29 is 83.3 Å². The normalized spacial score (nSPS) is 14.7. The highest BCUT2D eigenvalue weighted by Crippen LogP contribution is 2.31. The number of nitrogens with zero attached hydrogens (tertiary/aromatic N) is 5. The molecule has 0 bridgehead atoms. The summed E-state index contributed by atoms with van der Waals surface area (Å²) in [5.74, 6) is -3.98. The third kappa shape index (κ3) is 24.7. The number of unbranched alkanes of at least 4 members (excludes halogenated alkanes) is 1. The highest BCUT2D eigenvalue weighted by atomic mass is 32.2. The number of nitrogens with one attached hydrogen (secondary N) is 11. The molecule has 3 aliphatic heterocycles. The average Bonchev–Trinajstić information content (AvgIpc) is 0.820. The van der Waals surface area contributed by atoms with E-state index in [9.17, 15) is 45.6 Å². The van der Waals surface area contributed by atoms with Gasteiger partial charge in [-0.15, -0.1) is 0 Å². The molecule has 0 spiro atoms. The van der Waals surface area contributed by atoms with Gasteiger partial charge in [-0.2, -0.15) is 4.57 Å². The number of pyridine rings is 1. The number of methoxy groups -OCH3 is 2. The maximum atomic E-state index is 13.5. The number of rotatable bonds is 35. The fraction of sp³-hybridized carbons (Fsp3) is 0.364. The van der Waals surface area contributed by atoms with E-state index in [0.717, 1.165) is 56.0 Å². The van der Waals surface area contributed by atoms with Crippen molar-refractivity contribution in [2.45, 2.75) is 56.1 Å². The molecule has 0 radical (unpaired) electrons. The molecule has 11 N–H and O–H groups in total. The van der Waals surface area contributed by atoms with Crippen LogP contribution in [-0.2, 0) is 69.8 Å². The van der Waals surface area contributed by atoms with E-state index >= 15 is 0 Å². The minimum atomic E-state index is -4.19. The Morgan fingerprint density at radius 2 is 1.18 bits per heavy atom. The Morgan fingerprint density at radius 1 is 0.620 bits per heavy atom. The smallest absolute Gasteiger partial charge is 0.327 e. The van der Waals surface area contributed by atoms with Crippen LogP contribution in [0.25, 0.3) is 0 Å². The SMILES string of the molecule is COc1cc(NS(=O)(=O)c2cccc(N=COC[n+]3cc(C)cc(C(=O)NCCCCNOCC4=C[N+](=CC(=O)Nc5cccc(S(=O)(=O)Nc6ccc(NNC(=O)C(=O)NCCCN7CCOCC7)c(OC)c6)c5)C=C(C)[CH+]4)c3)c2)ccc1NNC(=O)C(=O)NCCCN1CCOCC1. The molecule has 32 nitrogen and oxygen atoms in total. The molecule has 0 unspecified atom stereocenters. The summed E-state index contributed by atoms with van der Waals surface area (Å²) in [6, 6.07) is 22.0. The Balaban J connectivity index is 0.704. The zero-order valence-electron chi connectivity index (χ0n) is 55.9. The number of carbonyl (C=O) groups is 6. The lowest BCUT2D eigenvalue weighted by Crippen LogP contribution is -2.43. The van der Waals surface area contributed by atoms with E-state index in [2.05, 4.69) is 72.7 Å². The van der Waals surface area contributed by atoms with Crippen LogP contribution in [0.15, 0.2) is 142 Å². The molecule has 0 saturated carbocycles. The first kappa shape index (κ1) is 75.6. The van der Waals surface area contributed by atoms with Gasteiger partial charge in [0.25, 0.3) is 51.3 Å². The van der Waals surface area contributed by atoms with Gasteiger partial charge in [0.1, 0.15) is 29.2 Å². The number of hydrogen-bond acceptors (Lipinski definition) is 22. The number of aromatic nitrogens is 1. The van der Waals surface area contributed by atoms with Gasteiger partial charge in [-0.05, 0) is 119 Å². The van der Waals surface area contributed by atoms with Crippen LogP contribution in [0.2, 0.25) is 0 Å². The van der Waals surface area contributed by atoms with E-state index in [-0.39, 0.29) is 74.7 Å². The minimum Gasteiger partial charge on any atom is -0.494 e. The zero-order chi connectivity index (χ0) is 71.3. The number of hydroxylamine groups is 1. The van der Waals surface area contributed by atoms with Crippen molar-refractivity contribution in [2.24, 2.45) is 4.99 Å². The quantitative estimate of drug-likeness (QED) is 0.00528. The van der Waals surface area contributed by atoms with Crippen molar-refractivity contribution in [3.05, 3.63) is 144 Å². The molecule has 34 heteroatoms. The lowest BCUT2D eigenvalue weighted by molar-refractivity contribution is -0.726. The highest BCUT2D eigenvalue weighted by molar-refractivity contribution is 7.93. The molecule has 4 heterocycles. The number of morpholine rings is 2. The lowest BCUT2D eigenvalue weighted by Gasteiger charge is -2.26. The molecule has 1 aromatic heterocycles. The predicted octanol–water partition coefficient (Wildman–Crippen LogP) is 2.56. The molecule has 2 fully saturated rings. The molecular weight excluding hydrogens is 1340 g/mol. The van der Waals surface area contributed by atoms with Crippen LogP contribution in [-0.4, -0.2) is 192 Å². The van der Waals surface area contributed by atoms with E-state index in [0.29, 0.717) is 83.9 Å². The van der Waals surface area contributed by atoms with Gasteiger partial charge in [0.15, 0.2) is 24.4 Å². The Kier molecular flexibility index (Phi) is 28.9. The van der Waals surface area contributed by atoms with Crippen LogP contribution in [0.4, 0.5) is 34.1 Å². The van der Waals surface area contributed by atoms with E-state index in [1.165, 1.54) is 99.6 Å². The third-order valence-electron chi connectivity index (χ3n) is 15.1. The number of amides is 6. The van der Waals surface area contributed by atoms with Gasteiger partial charge < -0.3 is 45.0 Å². The van der Waals surface area contributed by atoms with Gasteiger partial charge in [0.2, 0.25) is 0 Å². The molecule has 3 aliphatic rings. The Hall–Kier alpha value is -10.2. The number of ether oxygens (including phenoxy) is 5. The second-order valence-electron chi connectivity index (χ2n) is 22.9. The van der Waals surface area contributed by atoms with Crippen LogP contribution in [0.5, 0.6) is 11.5 Å². The zero-order valence-corrected chi connectivity index (χ0v) is 57.6. The summed E-state index contributed by atoms with van der Waals surface area (Å²) in [6.45, 7) is 12.9. The van der Waals surface area contributed by atoms with Crippen molar-refractivity contribution >= 4 is 102 Å². The molecule has 6 amide bonds. The summed E-state index contributed by atoms with van der Waals surface area (Å²) < 4.78 is 89.5. The Labute approximate surface area is 580 Å². The maximum absolute atomic E-state index is 13.5. The average molecular weight is 1420 g/mol. The van der Waals surface area contributed by atoms with Gasteiger partial charge in [-0.3, -0.25) is 74.6 Å². The van der Waals surface area contributed by atoms with Crippen LogP contribution in [0.3, 0.4) is 0 Å². The molecule has 534 valence electrons. The van der Waals surface area contributed by atoms with E-state index in [4.69, 9.17) is 28.5 Å². The van der Waals surface area contributed by atoms with Crippen LogP contribution >= 0.6 is 0 Å². The number of hydrogen-bond donors (Lipinski definition) is 11. The summed E-state index contributed by atoms with van der Waals surface area (Å²) in [5.41, 5.74) is 17.0. The summed E-state index contributed by atoms with van der Waals surface area (Å²) in [4.78, 5) is 90.3.